The van der Waals surface area contributed by atoms with E-state index in [0.717, 1.165) is 35.8 Å². The standard InChI is InChI=1S/C20H25N3O3S2/c1-16(24)21-11-10-17-2-8-20(9-3-17)28(25,26)22-18-4-6-19(7-5-18)23-12-14-27-15-13-23/h2-9,22H,10-15H2,1H3,(H,21,24). The van der Waals surface area contributed by atoms with Crippen LogP contribution in [0.25, 0.3) is 0 Å². The van der Waals surface area contributed by atoms with Crippen molar-refractivity contribution in [3.8, 4) is 0 Å². The summed E-state index contributed by atoms with van der Waals surface area (Å²) in [7, 11) is -3.64. The fourth-order valence-corrected chi connectivity index (χ4v) is 4.96. The van der Waals surface area contributed by atoms with Crippen molar-refractivity contribution < 1.29 is 13.2 Å². The molecule has 6 nitrogen and oxygen atoms in total. The minimum Gasteiger partial charge on any atom is -0.370 e. The Morgan fingerprint density at radius 3 is 2.29 bits per heavy atom. The van der Waals surface area contributed by atoms with Crippen LogP contribution in [0.15, 0.2) is 53.4 Å². The molecule has 1 amide bonds. The number of nitrogens with zero attached hydrogens (tertiary/aromatic N) is 1. The summed E-state index contributed by atoms with van der Waals surface area (Å²) in [4.78, 5) is 13.4. The van der Waals surface area contributed by atoms with Crippen molar-refractivity contribution in [2.24, 2.45) is 0 Å². The van der Waals surface area contributed by atoms with E-state index in [9.17, 15) is 13.2 Å². The minimum atomic E-state index is -3.64. The van der Waals surface area contributed by atoms with Crippen LogP contribution in [-0.4, -0.2) is 45.5 Å². The smallest absolute Gasteiger partial charge is 0.261 e. The number of thioether (sulfide) groups is 1. The highest BCUT2D eigenvalue weighted by atomic mass is 32.2. The molecule has 2 N–H and O–H groups in total. The summed E-state index contributed by atoms with van der Waals surface area (Å²) in [5.41, 5.74) is 2.63. The number of benzene rings is 2. The second-order valence-electron chi connectivity index (χ2n) is 6.63. The topological polar surface area (TPSA) is 78.5 Å². The average Bonchev–Trinajstić information content (AvgIpc) is 2.69. The molecule has 3 rings (SSSR count). The van der Waals surface area contributed by atoms with Crippen molar-refractivity contribution in [2.45, 2.75) is 18.2 Å². The first-order valence-corrected chi connectivity index (χ1v) is 11.9. The van der Waals surface area contributed by atoms with Gasteiger partial charge in [0.05, 0.1) is 4.90 Å². The quantitative estimate of drug-likeness (QED) is 0.722. The van der Waals surface area contributed by atoms with E-state index in [-0.39, 0.29) is 10.8 Å². The normalized spacial score (nSPS) is 14.5. The van der Waals surface area contributed by atoms with E-state index in [0.29, 0.717) is 18.7 Å². The molecule has 1 fully saturated rings. The molecule has 2 aromatic rings. The average molecular weight is 420 g/mol. The van der Waals surface area contributed by atoms with Gasteiger partial charge in [-0.25, -0.2) is 8.42 Å². The molecule has 0 spiro atoms. The van der Waals surface area contributed by atoms with Gasteiger partial charge in [0.25, 0.3) is 10.0 Å². The van der Waals surface area contributed by atoms with Crippen molar-refractivity contribution >= 4 is 39.1 Å². The Labute approximate surface area is 170 Å². The molecule has 0 unspecified atom stereocenters. The van der Waals surface area contributed by atoms with Gasteiger partial charge in [-0.2, -0.15) is 11.8 Å². The summed E-state index contributed by atoms with van der Waals surface area (Å²) in [6.45, 7) is 4.04. The highest BCUT2D eigenvalue weighted by Crippen LogP contribution is 2.23. The zero-order valence-corrected chi connectivity index (χ0v) is 17.5. The van der Waals surface area contributed by atoms with E-state index in [1.165, 1.54) is 6.92 Å². The summed E-state index contributed by atoms with van der Waals surface area (Å²) in [6, 6.07) is 14.2. The Morgan fingerprint density at radius 1 is 1.04 bits per heavy atom. The first kappa shape index (κ1) is 20.5. The Morgan fingerprint density at radius 2 is 1.68 bits per heavy atom. The number of carbonyl (C=O) groups excluding carboxylic acids is 1. The van der Waals surface area contributed by atoms with E-state index in [4.69, 9.17) is 0 Å². The summed E-state index contributed by atoms with van der Waals surface area (Å²) in [5.74, 6) is 2.17. The lowest BCUT2D eigenvalue weighted by molar-refractivity contribution is -0.118. The SMILES string of the molecule is CC(=O)NCCc1ccc(S(=O)(=O)Nc2ccc(N3CCSCC3)cc2)cc1. The molecule has 2 aromatic carbocycles. The molecule has 8 heteroatoms. The molecular weight excluding hydrogens is 394 g/mol. The van der Waals surface area contributed by atoms with Gasteiger partial charge in [-0.3, -0.25) is 9.52 Å². The lowest BCUT2D eigenvalue weighted by atomic mass is 10.1. The summed E-state index contributed by atoms with van der Waals surface area (Å²) < 4.78 is 27.9. The van der Waals surface area contributed by atoms with Crippen LogP contribution in [0.2, 0.25) is 0 Å². The second-order valence-corrected chi connectivity index (χ2v) is 9.54. The van der Waals surface area contributed by atoms with E-state index in [1.807, 2.05) is 23.9 Å². The maximum atomic E-state index is 12.6. The van der Waals surface area contributed by atoms with E-state index < -0.39 is 10.0 Å². The number of nitrogens with one attached hydrogen (secondary N) is 2. The molecular formula is C20H25N3O3S2. The second kappa shape index (κ2) is 9.34. The summed E-state index contributed by atoms with van der Waals surface area (Å²) in [6.07, 6.45) is 0.657. The molecule has 28 heavy (non-hydrogen) atoms. The van der Waals surface area contributed by atoms with Crippen molar-refractivity contribution in [1.82, 2.24) is 5.32 Å². The van der Waals surface area contributed by atoms with Gasteiger partial charge in [0.15, 0.2) is 0 Å². The first-order chi connectivity index (χ1) is 13.4. The Balaban J connectivity index is 1.62. The third-order valence-electron chi connectivity index (χ3n) is 4.52. The summed E-state index contributed by atoms with van der Waals surface area (Å²) in [5, 5.41) is 2.73. The molecule has 1 aliphatic rings. The molecule has 0 aromatic heterocycles. The highest BCUT2D eigenvalue weighted by molar-refractivity contribution is 7.99. The first-order valence-electron chi connectivity index (χ1n) is 9.23. The molecule has 150 valence electrons. The van der Waals surface area contributed by atoms with Crippen molar-refractivity contribution in [3.63, 3.8) is 0 Å². The van der Waals surface area contributed by atoms with E-state index in [2.05, 4.69) is 14.9 Å². The van der Waals surface area contributed by atoms with Crippen LogP contribution in [0.5, 0.6) is 0 Å². The Bertz CT molecular complexity index is 891. The maximum Gasteiger partial charge on any atom is 0.261 e. The number of hydrogen-bond acceptors (Lipinski definition) is 5. The number of anilines is 2. The third-order valence-corrected chi connectivity index (χ3v) is 6.86. The molecule has 0 atom stereocenters. The van der Waals surface area contributed by atoms with Crippen LogP contribution in [0, 0.1) is 0 Å². The minimum absolute atomic E-state index is 0.0754. The van der Waals surface area contributed by atoms with Crippen molar-refractivity contribution in [3.05, 3.63) is 54.1 Å². The number of carbonyl (C=O) groups is 1. The molecule has 0 radical (unpaired) electrons. The molecule has 0 bridgehead atoms. The van der Waals surface area contributed by atoms with Gasteiger partial charge in [-0.05, 0) is 48.4 Å². The van der Waals surface area contributed by atoms with Gasteiger partial charge in [-0.1, -0.05) is 12.1 Å². The number of rotatable bonds is 7. The zero-order valence-electron chi connectivity index (χ0n) is 15.8. The fourth-order valence-electron chi connectivity index (χ4n) is 2.99. The molecule has 0 saturated carbocycles. The van der Waals surface area contributed by atoms with Crippen molar-refractivity contribution in [1.29, 1.82) is 0 Å². The van der Waals surface area contributed by atoms with E-state index in [1.54, 1.807) is 36.4 Å². The lowest BCUT2D eigenvalue weighted by Gasteiger charge is -2.28. The van der Waals surface area contributed by atoms with Crippen LogP contribution >= 0.6 is 11.8 Å². The van der Waals surface area contributed by atoms with Crippen LogP contribution in [0.1, 0.15) is 12.5 Å². The molecule has 1 heterocycles. The largest absolute Gasteiger partial charge is 0.370 e. The molecule has 1 saturated heterocycles. The predicted octanol–water partition coefficient (Wildman–Crippen LogP) is 2.72. The Kier molecular flexibility index (Phi) is 6.85. The number of amides is 1. The van der Waals surface area contributed by atoms with Crippen LogP contribution < -0.4 is 14.9 Å². The van der Waals surface area contributed by atoms with Crippen molar-refractivity contribution in [2.75, 3.05) is 40.8 Å². The zero-order chi connectivity index (χ0) is 20.0. The maximum absolute atomic E-state index is 12.6. The highest BCUT2D eigenvalue weighted by Gasteiger charge is 2.15. The van der Waals surface area contributed by atoms with Crippen LogP contribution in [-0.2, 0) is 21.2 Å². The van der Waals surface area contributed by atoms with Gasteiger partial charge >= 0.3 is 0 Å². The van der Waals surface area contributed by atoms with Gasteiger partial charge in [0.1, 0.15) is 0 Å². The van der Waals surface area contributed by atoms with Gasteiger partial charge in [0, 0.05) is 49.4 Å². The molecule has 1 aliphatic heterocycles. The molecule has 0 aliphatic carbocycles. The lowest BCUT2D eigenvalue weighted by Crippen LogP contribution is -2.32. The number of hydrogen-bond donors (Lipinski definition) is 2. The third kappa shape index (κ3) is 5.65. The summed E-state index contributed by atoms with van der Waals surface area (Å²) >= 11 is 1.96. The number of sulfonamides is 1. The predicted molar refractivity (Wildman–Crippen MR) is 116 cm³/mol. The van der Waals surface area contributed by atoms with Gasteiger partial charge in [0.2, 0.25) is 5.91 Å². The van der Waals surface area contributed by atoms with Crippen LogP contribution in [0.4, 0.5) is 11.4 Å². The van der Waals surface area contributed by atoms with Gasteiger partial charge < -0.3 is 10.2 Å². The van der Waals surface area contributed by atoms with Gasteiger partial charge in [-0.15, -0.1) is 0 Å². The van der Waals surface area contributed by atoms with E-state index >= 15 is 0 Å². The Hall–Kier alpha value is -2.19. The fraction of sp³-hybridized carbons (Fsp3) is 0.350. The van der Waals surface area contributed by atoms with Crippen LogP contribution in [0.3, 0.4) is 0 Å². The monoisotopic (exact) mass is 419 g/mol.